The fraction of sp³-hybridized carbons (Fsp3) is 0.778. The highest BCUT2D eigenvalue weighted by molar-refractivity contribution is 5.84. The van der Waals surface area contributed by atoms with Gasteiger partial charge < -0.3 is 15.1 Å². The minimum atomic E-state index is -0.239. The number of amides is 1. The summed E-state index contributed by atoms with van der Waals surface area (Å²) in [5, 5.41) is 11.2. The van der Waals surface area contributed by atoms with Crippen molar-refractivity contribution in [3.05, 3.63) is 17.0 Å². The fourth-order valence-electron chi connectivity index (χ4n) is 5.01. The molecule has 2 fully saturated rings. The molecule has 1 aromatic rings. The summed E-state index contributed by atoms with van der Waals surface area (Å²) in [6.07, 6.45) is 5.96. The number of aromatic amines is 1. The molecule has 4 rings (SSSR count). The first-order valence-corrected chi connectivity index (χ1v) is 9.30. The normalized spacial score (nSPS) is 30.0. The Balaban J connectivity index is 1.51. The van der Waals surface area contributed by atoms with Gasteiger partial charge in [0, 0.05) is 44.8 Å². The Morgan fingerprint density at radius 3 is 3.08 bits per heavy atom. The van der Waals surface area contributed by atoms with Gasteiger partial charge >= 0.3 is 0 Å². The third-order valence-electron chi connectivity index (χ3n) is 6.25. The number of nitrogens with zero attached hydrogens (tertiary/aromatic N) is 3. The monoisotopic (exact) mass is 331 g/mol. The third kappa shape index (κ3) is 2.56. The van der Waals surface area contributed by atoms with Crippen LogP contribution in [0, 0.1) is 11.3 Å². The van der Waals surface area contributed by atoms with Gasteiger partial charge in [-0.25, -0.2) is 0 Å². The number of likely N-dealkylation sites (tertiary alicyclic amines) is 1. The first-order valence-electron chi connectivity index (χ1n) is 9.30. The van der Waals surface area contributed by atoms with E-state index in [1.165, 1.54) is 30.5 Å². The number of carbonyl (C=O) groups is 1. The van der Waals surface area contributed by atoms with Crippen LogP contribution < -0.4 is 5.32 Å². The van der Waals surface area contributed by atoms with Crippen molar-refractivity contribution < 1.29 is 4.79 Å². The summed E-state index contributed by atoms with van der Waals surface area (Å²) in [5.41, 5.74) is 3.50. The molecule has 132 valence electrons. The van der Waals surface area contributed by atoms with E-state index in [2.05, 4.69) is 27.5 Å². The van der Waals surface area contributed by atoms with Crippen LogP contribution in [0.5, 0.6) is 0 Å². The molecule has 24 heavy (non-hydrogen) atoms. The molecule has 6 nitrogen and oxygen atoms in total. The number of aromatic nitrogens is 2. The number of nitrogens with one attached hydrogen (secondary N) is 2. The predicted octanol–water partition coefficient (Wildman–Crippen LogP) is 0.788. The largest absolute Gasteiger partial charge is 0.339 e. The van der Waals surface area contributed by atoms with Crippen molar-refractivity contribution in [3.8, 4) is 0 Å². The molecular weight excluding hydrogens is 302 g/mol. The predicted molar refractivity (Wildman–Crippen MR) is 92.6 cm³/mol. The third-order valence-corrected chi connectivity index (χ3v) is 6.25. The summed E-state index contributed by atoms with van der Waals surface area (Å²) >= 11 is 0. The second-order valence-electron chi connectivity index (χ2n) is 8.03. The highest BCUT2D eigenvalue weighted by atomic mass is 16.2. The van der Waals surface area contributed by atoms with Crippen molar-refractivity contribution in [2.45, 2.75) is 38.6 Å². The summed E-state index contributed by atoms with van der Waals surface area (Å²) in [5.74, 6) is 0.723. The Morgan fingerprint density at radius 2 is 2.21 bits per heavy atom. The van der Waals surface area contributed by atoms with E-state index in [0.717, 1.165) is 44.7 Å². The van der Waals surface area contributed by atoms with Crippen molar-refractivity contribution in [3.63, 3.8) is 0 Å². The van der Waals surface area contributed by atoms with Crippen LogP contribution >= 0.6 is 0 Å². The van der Waals surface area contributed by atoms with Crippen molar-refractivity contribution >= 4 is 5.91 Å². The van der Waals surface area contributed by atoms with E-state index in [4.69, 9.17) is 0 Å². The topological polar surface area (TPSA) is 64.3 Å². The number of hydrogen-bond donors (Lipinski definition) is 2. The Hall–Kier alpha value is -1.40. The molecule has 2 unspecified atom stereocenters. The number of rotatable bonds is 3. The second-order valence-corrected chi connectivity index (χ2v) is 8.03. The van der Waals surface area contributed by atoms with E-state index in [-0.39, 0.29) is 11.3 Å². The van der Waals surface area contributed by atoms with Crippen LogP contribution in [0.4, 0.5) is 0 Å². The number of aryl methyl sites for hydroxylation is 1. The SMILES string of the molecule is CN1CC2CNCC2(C(=O)N(C)Cc2n[nH]c3c2CCCCC3)C1. The molecular formula is C18H29N5O. The van der Waals surface area contributed by atoms with E-state index in [1.807, 2.05) is 11.9 Å². The van der Waals surface area contributed by atoms with Crippen molar-refractivity contribution in [2.24, 2.45) is 11.3 Å². The summed E-state index contributed by atoms with van der Waals surface area (Å²) in [4.78, 5) is 17.5. The zero-order valence-corrected chi connectivity index (χ0v) is 14.9. The smallest absolute Gasteiger partial charge is 0.231 e. The van der Waals surface area contributed by atoms with Gasteiger partial charge in [-0.3, -0.25) is 9.89 Å². The van der Waals surface area contributed by atoms with Gasteiger partial charge in [-0.1, -0.05) is 6.42 Å². The lowest BCUT2D eigenvalue weighted by Crippen LogP contribution is -2.47. The standard InChI is InChI=1S/C18H29N5O/c1-22-9-13-8-19-11-18(13,12-22)17(24)23(2)10-16-14-6-4-3-5-7-15(14)20-21-16/h13,19H,3-12H2,1-2H3,(H,20,21). The van der Waals surface area contributed by atoms with Crippen molar-refractivity contribution in [1.82, 2.24) is 25.3 Å². The molecule has 0 aromatic carbocycles. The average Bonchev–Trinajstić information content (AvgIpc) is 3.14. The van der Waals surface area contributed by atoms with Gasteiger partial charge in [-0.05, 0) is 38.3 Å². The summed E-state index contributed by atoms with van der Waals surface area (Å²) in [6.45, 7) is 4.28. The molecule has 2 aliphatic heterocycles. The molecule has 1 amide bonds. The first-order chi connectivity index (χ1) is 11.6. The average molecular weight is 331 g/mol. The van der Waals surface area contributed by atoms with Crippen LogP contribution in [0.25, 0.3) is 0 Å². The molecule has 6 heteroatoms. The molecule has 2 saturated heterocycles. The Morgan fingerprint density at radius 1 is 1.38 bits per heavy atom. The van der Waals surface area contributed by atoms with Gasteiger partial charge in [0.15, 0.2) is 0 Å². The zero-order chi connectivity index (χ0) is 16.7. The Bertz CT molecular complexity index is 627. The number of fused-ring (bicyclic) bond motifs is 2. The van der Waals surface area contributed by atoms with E-state index in [1.54, 1.807) is 0 Å². The Labute approximate surface area is 144 Å². The van der Waals surface area contributed by atoms with Crippen LogP contribution in [-0.2, 0) is 24.2 Å². The minimum absolute atomic E-state index is 0.239. The van der Waals surface area contributed by atoms with Crippen molar-refractivity contribution in [2.75, 3.05) is 40.3 Å². The van der Waals surface area contributed by atoms with E-state index in [9.17, 15) is 4.79 Å². The first kappa shape index (κ1) is 16.1. The van der Waals surface area contributed by atoms with Gasteiger partial charge in [0.25, 0.3) is 0 Å². The molecule has 1 aromatic heterocycles. The maximum absolute atomic E-state index is 13.3. The molecule has 2 atom stereocenters. The zero-order valence-electron chi connectivity index (χ0n) is 14.9. The van der Waals surface area contributed by atoms with Gasteiger partial charge in [0.1, 0.15) is 0 Å². The molecule has 0 spiro atoms. The molecule has 0 radical (unpaired) electrons. The fourth-order valence-corrected chi connectivity index (χ4v) is 5.01. The van der Waals surface area contributed by atoms with Crippen molar-refractivity contribution in [1.29, 1.82) is 0 Å². The quantitative estimate of drug-likeness (QED) is 0.804. The van der Waals surface area contributed by atoms with Crippen LogP contribution in [0.2, 0.25) is 0 Å². The molecule has 2 N–H and O–H groups in total. The Kier molecular flexibility index (Phi) is 4.12. The highest BCUT2D eigenvalue weighted by Crippen LogP contribution is 2.40. The summed E-state index contributed by atoms with van der Waals surface area (Å²) in [7, 11) is 4.07. The maximum atomic E-state index is 13.3. The lowest BCUT2D eigenvalue weighted by molar-refractivity contribution is -0.141. The number of H-pyrrole nitrogens is 1. The van der Waals surface area contributed by atoms with Crippen LogP contribution in [0.1, 0.15) is 36.2 Å². The highest BCUT2D eigenvalue weighted by Gasteiger charge is 2.54. The molecule has 1 aliphatic carbocycles. The van der Waals surface area contributed by atoms with E-state index >= 15 is 0 Å². The van der Waals surface area contributed by atoms with Crippen LogP contribution in [0.15, 0.2) is 0 Å². The summed E-state index contributed by atoms with van der Waals surface area (Å²) < 4.78 is 0. The molecule has 0 saturated carbocycles. The minimum Gasteiger partial charge on any atom is -0.339 e. The number of hydrogen-bond acceptors (Lipinski definition) is 4. The van der Waals surface area contributed by atoms with Gasteiger partial charge in [0.05, 0.1) is 17.7 Å². The van der Waals surface area contributed by atoms with Crippen LogP contribution in [0.3, 0.4) is 0 Å². The number of carbonyl (C=O) groups excluding carboxylic acids is 1. The summed E-state index contributed by atoms with van der Waals surface area (Å²) in [6, 6.07) is 0. The molecule has 3 aliphatic rings. The second kappa shape index (κ2) is 6.15. The van der Waals surface area contributed by atoms with Gasteiger partial charge in [-0.2, -0.15) is 5.10 Å². The van der Waals surface area contributed by atoms with E-state index < -0.39 is 0 Å². The molecule has 3 heterocycles. The lowest BCUT2D eigenvalue weighted by atomic mass is 9.79. The van der Waals surface area contributed by atoms with E-state index in [0.29, 0.717) is 12.5 Å². The van der Waals surface area contributed by atoms with Gasteiger partial charge in [0.2, 0.25) is 5.91 Å². The van der Waals surface area contributed by atoms with Gasteiger partial charge in [-0.15, -0.1) is 0 Å². The lowest BCUT2D eigenvalue weighted by Gasteiger charge is -2.31. The van der Waals surface area contributed by atoms with Crippen LogP contribution in [-0.4, -0.2) is 66.2 Å². The maximum Gasteiger partial charge on any atom is 0.231 e. The molecule has 0 bridgehead atoms.